The molecule has 1 atom stereocenters. The third kappa shape index (κ3) is 3.50. The average Bonchev–Trinajstić information content (AvgIpc) is 2.35. The van der Waals surface area contributed by atoms with Gasteiger partial charge in [-0.1, -0.05) is 11.6 Å². The molecule has 1 N–H and O–H groups in total. The minimum atomic E-state index is -3.21. The molecule has 1 aromatic heterocycles. The Hall–Kier alpha value is -1.12. The fraction of sp³-hybridized carbons (Fsp3) is 0.636. The van der Waals surface area contributed by atoms with E-state index >= 15 is 0 Å². The molecule has 1 saturated heterocycles. The van der Waals surface area contributed by atoms with Gasteiger partial charge in [0, 0.05) is 25.8 Å². The van der Waals surface area contributed by atoms with E-state index in [2.05, 4.69) is 4.98 Å². The quantitative estimate of drug-likeness (QED) is 0.839. The molecule has 0 amide bonds. The highest BCUT2D eigenvalue weighted by Crippen LogP contribution is 2.19. The predicted molar refractivity (Wildman–Crippen MR) is 75.5 cm³/mol. The summed E-state index contributed by atoms with van der Waals surface area (Å²) in [4.78, 5) is 25.0. The summed E-state index contributed by atoms with van der Waals surface area (Å²) in [7, 11) is -3.21. The molecular weight excluding hydrogens is 306 g/mol. The Labute approximate surface area is 121 Å². The number of nitrogens with one attached hydrogen (secondary N) is 1. The van der Waals surface area contributed by atoms with E-state index in [4.69, 9.17) is 11.6 Å². The summed E-state index contributed by atoms with van der Waals surface area (Å²) in [6.45, 7) is 1.22. The second-order valence-electron chi connectivity index (χ2n) is 5.02. The highest BCUT2D eigenvalue weighted by Gasteiger charge is 2.26. The number of hydrogen-bond acceptors (Lipinski definition) is 4. The molecule has 0 spiro atoms. The van der Waals surface area contributed by atoms with E-state index in [9.17, 15) is 18.0 Å². The Balaban J connectivity index is 2.16. The molecule has 9 heteroatoms. The van der Waals surface area contributed by atoms with Gasteiger partial charge >= 0.3 is 5.69 Å². The van der Waals surface area contributed by atoms with Crippen LogP contribution in [0.25, 0.3) is 0 Å². The maximum Gasteiger partial charge on any atom is 0.328 e. The average molecular weight is 322 g/mol. The van der Waals surface area contributed by atoms with Gasteiger partial charge in [0.05, 0.1) is 6.26 Å². The number of H-pyrrole nitrogens is 1. The fourth-order valence-corrected chi connectivity index (χ4v) is 3.48. The number of rotatable bonds is 3. The van der Waals surface area contributed by atoms with Crippen LogP contribution >= 0.6 is 11.6 Å². The molecule has 7 nitrogen and oxygen atoms in total. The summed E-state index contributed by atoms with van der Waals surface area (Å²) in [5.41, 5.74) is -1.15. The van der Waals surface area contributed by atoms with Crippen LogP contribution in [0.1, 0.15) is 12.8 Å². The van der Waals surface area contributed by atoms with Crippen LogP contribution in [0, 0.1) is 5.92 Å². The normalized spacial score (nSPS) is 21.0. The lowest BCUT2D eigenvalue weighted by molar-refractivity contribution is 0.244. The lowest BCUT2D eigenvalue weighted by atomic mass is 10.00. The first-order chi connectivity index (χ1) is 9.27. The zero-order valence-corrected chi connectivity index (χ0v) is 12.6. The zero-order valence-electron chi connectivity index (χ0n) is 11.0. The van der Waals surface area contributed by atoms with Gasteiger partial charge in [0.2, 0.25) is 10.0 Å². The van der Waals surface area contributed by atoms with Crippen LogP contribution in [0.5, 0.6) is 0 Å². The van der Waals surface area contributed by atoms with Crippen LogP contribution in [0.15, 0.2) is 15.8 Å². The van der Waals surface area contributed by atoms with Crippen molar-refractivity contribution < 1.29 is 8.42 Å². The summed E-state index contributed by atoms with van der Waals surface area (Å²) < 4.78 is 25.8. The van der Waals surface area contributed by atoms with Gasteiger partial charge in [-0.05, 0) is 18.8 Å². The topological polar surface area (TPSA) is 92.2 Å². The van der Waals surface area contributed by atoms with E-state index in [1.165, 1.54) is 21.3 Å². The molecular formula is C11H16ClN3O4S. The van der Waals surface area contributed by atoms with Crippen molar-refractivity contribution in [3.8, 4) is 0 Å². The van der Waals surface area contributed by atoms with Crippen LogP contribution < -0.4 is 11.2 Å². The first kappa shape index (κ1) is 15.3. The third-order valence-corrected chi connectivity index (χ3v) is 4.91. The maximum absolute atomic E-state index is 11.7. The molecule has 1 aliphatic heterocycles. The van der Waals surface area contributed by atoms with Crippen molar-refractivity contribution >= 4 is 21.6 Å². The Morgan fingerprint density at radius 2 is 2.15 bits per heavy atom. The monoisotopic (exact) mass is 321 g/mol. The first-order valence-corrected chi connectivity index (χ1v) is 8.44. The summed E-state index contributed by atoms with van der Waals surface area (Å²) in [6.07, 6.45) is 4.05. The highest BCUT2D eigenvalue weighted by molar-refractivity contribution is 7.88. The van der Waals surface area contributed by atoms with Crippen LogP contribution in [0.3, 0.4) is 0 Å². The molecule has 0 aliphatic carbocycles. The van der Waals surface area contributed by atoms with E-state index in [0.29, 0.717) is 19.6 Å². The lowest BCUT2D eigenvalue weighted by Crippen LogP contribution is -2.42. The molecule has 20 heavy (non-hydrogen) atoms. The van der Waals surface area contributed by atoms with Gasteiger partial charge < -0.3 is 0 Å². The molecule has 0 bridgehead atoms. The van der Waals surface area contributed by atoms with E-state index in [-0.39, 0.29) is 10.9 Å². The van der Waals surface area contributed by atoms with Crippen molar-refractivity contribution in [3.05, 3.63) is 32.1 Å². The van der Waals surface area contributed by atoms with Crippen LogP contribution in [0.4, 0.5) is 0 Å². The van der Waals surface area contributed by atoms with Crippen LogP contribution in [-0.4, -0.2) is 41.6 Å². The number of hydrogen-bond donors (Lipinski definition) is 1. The van der Waals surface area contributed by atoms with Crippen molar-refractivity contribution in [2.45, 2.75) is 19.4 Å². The summed E-state index contributed by atoms with van der Waals surface area (Å²) in [5, 5.41) is -0.0552. The molecule has 2 rings (SSSR count). The van der Waals surface area contributed by atoms with Gasteiger partial charge in [-0.15, -0.1) is 0 Å². The van der Waals surface area contributed by atoms with Gasteiger partial charge in [-0.25, -0.2) is 17.5 Å². The number of aromatic amines is 1. The largest absolute Gasteiger partial charge is 0.328 e. The van der Waals surface area contributed by atoms with Crippen molar-refractivity contribution in [1.82, 2.24) is 13.9 Å². The Morgan fingerprint density at radius 1 is 1.45 bits per heavy atom. The Kier molecular flexibility index (Phi) is 4.36. The van der Waals surface area contributed by atoms with E-state index in [0.717, 1.165) is 12.8 Å². The molecule has 1 aliphatic rings. The minimum absolute atomic E-state index is 0.0261. The summed E-state index contributed by atoms with van der Waals surface area (Å²) >= 11 is 5.69. The van der Waals surface area contributed by atoms with E-state index in [1.807, 2.05) is 0 Å². The van der Waals surface area contributed by atoms with E-state index < -0.39 is 21.3 Å². The van der Waals surface area contributed by atoms with Crippen molar-refractivity contribution in [1.29, 1.82) is 0 Å². The van der Waals surface area contributed by atoms with Gasteiger partial charge in [0.25, 0.3) is 5.56 Å². The smallest absolute Gasteiger partial charge is 0.299 e. The molecule has 1 fully saturated rings. The molecule has 2 heterocycles. The zero-order chi connectivity index (χ0) is 14.9. The molecule has 0 aromatic carbocycles. The number of sulfonamides is 1. The predicted octanol–water partition coefficient (Wildman–Crippen LogP) is -0.138. The maximum atomic E-state index is 11.7. The number of nitrogens with zero attached hydrogens (tertiary/aromatic N) is 2. The van der Waals surface area contributed by atoms with Crippen LogP contribution in [-0.2, 0) is 16.6 Å². The second kappa shape index (κ2) is 5.71. The molecule has 0 radical (unpaired) electrons. The van der Waals surface area contributed by atoms with Crippen molar-refractivity contribution in [2.24, 2.45) is 5.92 Å². The molecule has 1 unspecified atom stereocenters. The highest BCUT2D eigenvalue weighted by atomic mass is 35.5. The summed E-state index contributed by atoms with van der Waals surface area (Å²) in [6, 6.07) is 0. The van der Waals surface area contributed by atoms with Gasteiger partial charge in [-0.2, -0.15) is 0 Å². The van der Waals surface area contributed by atoms with Gasteiger partial charge in [0.15, 0.2) is 0 Å². The molecule has 1 aromatic rings. The summed E-state index contributed by atoms with van der Waals surface area (Å²) in [5.74, 6) is 0.0261. The number of piperidine rings is 1. The molecule has 0 saturated carbocycles. The third-order valence-electron chi connectivity index (χ3n) is 3.37. The standard InChI is InChI=1S/C11H16ClN3O4S/c1-20(18,19)15-4-2-3-8(6-15)5-14-7-9(12)10(16)13-11(14)17/h7-8H,2-6H2,1H3,(H,13,16,17). The molecule has 112 valence electrons. The Bertz CT molecular complexity index is 709. The minimum Gasteiger partial charge on any atom is -0.299 e. The Morgan fingerprint density at radius 3 is 2.80 bits per heavy atom. The van der Waals surface area contributed by atoms with E-state index in [1.54, 1.807) is 0 Å². The second-order valence-corrected chi connectivity index (χ2v) is 7.41. The SMILES string of the molecule is CS(=O)(=O)N1CCCC(Cn2cc(Cl)c(=O)[nH]c2=O)C1. The fourth-order valence-electron chi connectivity index (χ4n) is 2.37. The first-order valence-electron chi connectivity index (χ1n) is 6.22. The van der Waals surface area contributed by atoms with Gasteiger partial charge in [-0.3, -0.25) is 14.3 Å². The lowest BCUT2D eigenvalue weighted by Gasteiger charge is -2.31. The number of halogens is 1. The van der Waals surface area contributed by atoms with Crippen LogP contribution in [0.2, 0.25) is 5.02 Å². The van der Waals surface area contributed by atoms with Crippen molar-refractivity contribution in [2.75, 3.05) is 19.3 Å². The number of aromatic nitrogens is 2. The van der Waals surface area contributed by atoms with Crippen molar-refractivity contribution in [3.63, 3.8) is 0 Å². The van der Waals surface area contributed by atoms with Gasteiger partial charge in [0.1, 0.15) is 5.02 Å².